The van der Waals surface area contributed by atoms with Gasteiger partial charge in [0.2, 0.25) is 11.8 Å². The number of carbonyl (C=O) groups is 3. The zero-order chi connectivity index (χ0) is 19.6. The fraction of sp³-hybridized carbons (Fsp3) is 0.571. The van der Waals surface area contributed by atoms with Gasteiger partial charge in [0.15, 0.2) is 5.78 Å². The smallest absolute Gasteiger partial charge is 0.245 e. The number of fused-ring (bicyclic) bond motifs is 3. The Morgan fingerprint density at radius 2 is 1.78 bits per heavy atom. The van der Waals surface area contributed by atoms with E-state index in [1.807, 2.05) is 20.8 Å². The van der Waals surface area contributed by atoms with Crippen LogP contribution in [0.5, 0.6) is 0 Å². The number of hydrogen-bond acceptors (Lipinski definition) is 4. The standard InChI is InChI=1S/C21H25FN2O3/c1-20(2,3)24-18(26)11-21(19(24)27)16-9-8-15(10-17(21)25)23(16)12-13-4-6-14(22)7-5-13/h4-7,15-16H,8-12H2,1-3H3/t15-,16-,21-/m1/s1. The van der Waals surface area contributed by atoms with Gasteiger partial charge in [-0.3, -0.25) is 24.2 Å². The van der Waals surface area contributed by atoms with Crippen LogP contribution in [-0.2, 0) is 20.9 Å². The van der Waals surface area contributed by atoms with Crippen LogP contribution in [0.2, 0.25) is 0 Å². The molecule has 0 aromatic heterocycles. The zero-order valence-electron chi connectivity index (χ0n) is 16.0. The van der Waals surface area contributed by atoms with Crippen molar-refractivity contribution in [3.05, 3.63) is 35.6 Å². The van der Waals surface area contributed by atoms with Crippen molar-refractivity contribution in [1.82, 2.24) is 9.80 Å². The van der Waals surface area contributed by atoms with E-state index < -0.39 is 11.0 Å². The van der Waals surface area contributed by atoms with E-state index in [-0.39, 0.29) is 41.9 Å². The molecule has 0 N–H and O–H groups in total. The van der Waals surface area contributed by atoms with E-state index in [0.29, 0.717) is 13.0 Å². The number of ketones is 1. The third kappa shape index (κ3) is 2.64. The average molecular weight is 372 g/mol. The molecule has 6 heteroatoms. The number of amides is 2. The normalized spacial score (nSPS) is 31.4. The Morgan fingerprint density at radius 1 is 1.11 bits per heavy atom. The Kier molecular flexibility index (Phi) is 4.04. The van der Waals surface area contributed by atoms with Gasteiger partial charge in [-0.15, -0.1) is 0 Å². The highest BCUT2D eigenvalue weighted by Crippen LogP contribution is 2.52. The van der Waals surface area contributed by atoms with Crippen molar-refractivity contribution in [2.45, 2.75) is 70.6 Å². The molecular formula is C21H25FN2O3. The van der Waals surface area contributed by atoms with Gasteiger partial charge in [0.1, 0.15) is 11.2 Å². The van der Waals surface area contributed by atoms with Gasteiger partial charge in [0.05, 0.1) is 6.42 Å². The fourth-order valence-electron chi connectivity index (χ4n) is 5.17. The quantitative estimate of drug-likeness (QED) is 0.592. The summed E-state index contributed by atoms with van der Waals surface area (Å²) in [5.41, 5.74) is -0.950. The highest BCUT2D eigenvalue weighted by Gasteiger charge is 2.67. The molecule has 0 saturated carbocycles. The SMILES string of the molecule is CC(C)(C)N1C(=O)C[C@@]2(C(=O)C[C@H]3CC[C@H]2N3Cc2ccc(F)cc2)C1=O. The van der Waals surface area contributed by atoms with Crippen LogP contribution in [0.3, 0.4) is 0 Å². The predicted molar refractivity (Wildman–Crippen MR) is 97.0 cm³/mol. The van der Waals surface area contributed by atoms with Crippen LogP contribution < -0.4 is 0 Å². The lowest BCUT2D eigenvalue weighted by atomic mass is 9.71. The monoisotopic (exact) mass is 372 g/mol. The Morgan fingerprint density at radius 3 is 2.37 bits per heavy atom. The van der Waals surface area contributed by atoms with Crippen molar-refractivity contribution in [1.29, 1.82) is 0 Å². The number of halogens is 1. The summed E-state index contributed by atoms with van der Waals surface area (Å²) in [6.07, 6.45) is 1.85. The van der Waals surface area contributed by atoms with Crippen molar-refractivity contribution in [2.24, 2.45) is 5.41 Å². The second-order valence-electron chi connectivity index (χ2n) is 9.03. The first-order valence-corrected chi connectivity index (χ1v) is 9.55. The number of benzene rings is 1. The first-order chi connectivity index (χ1) is 12.6. The summed E-state index contributed by atoms with van der Waals surface area (Å²) in [4.78, 5) is 42.7. The minimum absolute atomic E-state index is 0.0285. The number of Topliss-reactive ketones (excluding diaryl/α,β-unsaturated/α-hetero) is 1. The van der Waals surface area contributed by atoms with Gasteiger partial charge in [-0.1, -0.05) is 12.1 Å². The average Bonchev–Trinajstić information content (AvgIpc) is 3.02. The third-order valence-electron chi connectivity index (χ3n) is 6.34. The summed E-state index contributed by atoms with van der Waals surface area (Å²) in [6.45, 7) is 6.02. The molecule has 3 aliphatic heterocycles. The molecular weight excluding hydrogens is 347 g/mol. The minimum Gasteiger partial charge on any atom is -0.298 e. The molecule has 3 aliphatic rings. The molecule has 5 nitrogen and oxygen atoms in total. The molecule has 0 aliphatic carbocycles. The molecule has 1 aromatic rings. The van der Waals surface area contributed by atoms with Crippen LogP contribution >= 0.6 is 0 Å². The lowest BCUT2D eigenvalue weighted by molar-refractivity contribution is -0.155. The van der Waals surface area contributed by atoms with Crippen LogP contribution in [0.15, 0.2) is 24.3 Å². The van der Waals surface area contributed by atoms with Crippen molar-refractivity contribution in [2.75, 3.05) is 0 Å². The maximum atomic E-state index is 13.4. The molecule has 3 saturated heterocycles. The molecule has 27 heavy (non-hydrogen) atoms. The Bertz CT molecular complexity index is 814. The number of piperidine rings is 1. The number of hydrogen-bond donors (Lipinski definition) is 0. The van der Waals surface area contributed by atoms with E-state index in [4.69, 9.17) is 0 Å². The zero-order valence-corrected chi connectivity index (χ0v) is 16.0. The topological polar surface area (TPSA) is 57.7 Å². The van der Waals surface area contributed by atoms with Gasteiger partial charge >= 0.3 is 0 Å². The summed E-state index contributed by atoms with van der Waals surface area (Å²) in [5, 5.41) is 0. The van der Waals surface area contributed by atoms with Gasteiger partial charge in [-0.25, -0.2) is 4.39 Å². The molecule has 1 aromatic carbocycles. The molecule has 3 atom stereocenters. The number of likely N-dealkylation sites (tertiary alicyclic amines) is 1. The summed E-state index contributed by atoms with van der Waals surface area (Å²) >= 11 is 0. The first kappa shape index (κ1) is 18.3. The Balaban J connectivity index is 1.69. The van der Waals surface area contributed by atoms with Crippen molar-refractivity contribution in [3.63, 3.8) is 0 Å². The van der Waals surface area contributed by atoms with Gasteiger partial charge in [-0.05, 0) is 51.3 Å². The molecule has 144 valence electrons. The maximum Gasteiger partial charge on any atom is 0.245 e. The van der Waals surface area contributed by atoms with Crippen molar-refractivity contribution < 1.29 is 18.8 Å². The van der Waals surface area contributed by atoms with Gasteiger partial charge in [-0.2, -0.15) is 0 Å². The Labute approximate surface area is 158 Å². The predicted octanol–water partition coefficient (Wildman–Crippen LogP) is 2.68. The van der Waals surface area contributed by atoms with Crippen LogP contribution in [0.1, 0.15) is 52.0 Å². The van der Waals surface area contributed by atoms with Crippen LogP contribution in [-0.4, -0.2) is 45.0 Å². The second-order valence-corrected chi connectivity index (χ2v) is 9.03. The largest absolute Gasteiger partial charge is 0.298 e. The summed E-state index contributed by atoms with van der Waals surface area (Å²) in [5.74, 6) is -0.966. The lowest BCUT2D eigenvalue weighted by Crippen LogP contribution is -2.60. The molecule has 0 radical (unpaired) electrons. The molecule has 3 fully saturated rings. The number of nitrogens with zero attached hydrogens (tertiary/aromatic N) is 2. The van der Waals surface area contributed by atoms with Gasteiger partial charge in [0, 0.05) is 30.6 Å². The Hall–Kier alpha value is -2.08. The van der Waals surface area contributed by atoms with E-state index in [0.717, 1.165) is 18.4 Å². The third-order valence-corrected chi connectivity index (χ3v) is 6.34. The van der Waals surface area contributed by atoms with E-state index >= 15 is 0 Å². The summed E-state index contributed by atoms with van der Waals surface area (Å²) in [6, 6.07) is 6.14. The van der Waals surface area contributed by atoms with Gasteiger partial charge in [0.25, 0.3) is 0 Å². The maximum absolute atomic E-state index is 13.4. The molecule has 1 spiro atoms. The van der Waals surface area contributed by atoms with E-state index in [2.05, 4.69) is 4.90 Å². The van der Waals surface area contributed by atoms with Crippen LogP contribution in [0.4, 0.5) is 4.39 Å². The van der Waals surface area contributed by atoms with Crippen LogP contribution in [0, 0.1) is 11.2 Å². The molecule has 4 rings (SSSR count). The fourth-order valence-corrected chi connectivity index (χ4v) is 5.17. The van der Waals surface area contributed by atoms with Crippen LogP contribution in [0.25, 0.3) is 0 Å². The molecule has 2 bridgehead atoms. The van der Waals surface area contributed by atoms with E-state index in [1.165, 1.54) is 17.0 Å². The van der Waals surface area contributed by atoms with E-state index in [9.17, 15) is 18.8 Å². The highest BCUT2D eigenvalue weighted by atomic mass is 19.1. The number of imide groups is 1. The minimum atomic E-state index is -1.25. The molecule has 3 heterocycles. The second kappa shape index (κ2) is 5.96. The number of rotatable bonds is 2. The van der Waals surface area contributed by atoms with Crippen molar-refractivity contribution >= 4 is 17.6 Å². The summed E-state index contributed by atoms with van der Waals surface area (Å²) in [7, 11) is 0. The van der Waals surface area contributed by atoms with E-state index in [1.54, 1.807) is 12.1 Å². The molecule has 2 amide bonds. The first-order valence-electron chi connectivity index (χ1n) is 9.55. The molecule has 0 unspecified atom stereocenters. The highest BCUT2D eigenvalue weighted by molar-refractivity contribution is 6.19. The van der Waals surface area contributed by atoms with Crippen molar-refractivity contribution in [3.8, 4) is 0 Å². The van der Waals surface area contributed by atoms with Gasteiger partial charge < -0.3 is 0 Å². The number of carbonyl (C=O) groups excluding carboxylic acids is 3. The summed E-state index contributed by atoms with van der Waals surface area (Å²) < 4.78 is 13.2. The lowest BCUT2D eigenvalue weighted by Gasteiger charge is -2.44.